The molecule has 0 radical (unpaired) electrons. The number of hydrogen-bond donors (Lipinski definition) is 1. The first-order valence-electron chi connectivity index (χ1n) is 9.31. The second kappa shape index (κ2) is 8.14. The molecule has 0 unspecified atom stereocenters. The number of benzene rings is 2. The summed E-state index contributed by atoms with van der Waals surface area (Å²) in [7, 11) is 0. The van der Waals surface area contributed by atoms with Gasteiger partial charge in [-0.2, -0.15) is 0 Å². The topological polar surface area (TPSA) is 66.7 Å². The van der Waals surface area contributed by atoms with Crippen LogP contribution in [-0.2, 0) is 9.59 Å². The quantitative estimate of drug-likeness (QED) is 0.239. The summed E-state index contributed by atoms with van der Waals surface area (Å²) in [5.41, 5.74) is 2.49. The molecule has 1 N–H and O–H groups in total. The molecule has 10 heteroatoms. The van der Waals surface area contributed by atoms with E-state index < -0.39 is 11.8 Å². The summed E-state index contributed by atoms with van der Waals surface area (Å²) in [6.07, 6.45) is 3.38. The van der Waals surface area contributed by atoms with E-state index >= 15 is 0 Å². The number of amides is 2. The van der Waals surface area contributed by atoms with Gasteiger partial charge in [-0.3, -0.25) is 24.2 Å². The molecule has 0 aliphatic carbocycles. The highest BCUT2D eigenvalue weighted by molar-refractivity contribution is 7.80. The third kappa shape index (κ3) is 3.61. The van der Waals surface area contributed by atoms with E-state index in [0.717, 1.165) is 10.5 Å². The van der Waals surface area contributed by atoms with Gasteiger partial charge < -0.3 is 0 Å². The molecule has 0 bridgehead atoms. The summed E-state index contributed by atoms with van der Waals surface area (Å²) in [6, 6.07) is 13.8. The standard InChI is InChI=1S/C22H12Cl2N4O2S2/c23-13-3-1-12(2-4-13)18-17(27-9-10-32-22(27)25-18)11-16-19(29)26-21(31)28(20(16)30)15-7-5-14(24)6-8-15/h1-11H,(H,26,29,31). The number of halogens is 2. The molecule has 2 amide bonds. The van der Waals surface area contributed by atoms with Crippen LogP contribution in [0.3, 0.4) is 0 Å². The molecule has 3 heterocycles. The Morgan fingerprint density at radius 3 is 2.34 bits per heavy atom. The average Bonchev–Trinajstić information content (AvgIpc) is 3.35. The molecule has 1 aliphatic rings. The second-order valence-electron chi connectivity index (χ2n) is 6.84. The number of nitrogens with one attached hydrogen (secondary N) is 1. The number of thiazole rings is 1. The molecular formula is C22H12Cl2N4O2S2. The van der Waals surface area contributed by atoms with Gasteiger partial charge in [-0.15, -0.1) is 11.3 Å². The third-order valence-corrected chi connectivity index (χ3v) is 6.43. The van der Waals surface area contributed by atoms with E-state index in [1.807, 2.05) is 28.1 Å². The minimum atomic E-state index is -0.572. The van der Waals surface area contributed by atoms with Crippen LogP contribution in [-0.4, -0.2) is 26.3 Å². The van der Waals surface area contributed by atoms with Gasteiger partial charge in [0.15, 0.2) is 10.1 Å². The molecule has 6 nitrogen and oxygen atoms in total. The molecule has 1 fully saturated rings. The van der Waals surface area contributed by atoms with Crippen LogP contribution in [0.5, 0.6) is 0 Å². The number of imidazole rings is 1. The zero-order chi connectivity index (χ0) is 22.4. The Labute approximate surface area is 201 Å². The Kier molecular flexibility index (Phi) is 5.30. The van der Waals surface area contributed by atoms with Crippen molar-refractivity contribution in [1.82, 2.24) is 14.7 Å². The van der Waals surface area contributed by atoms with Gasteiger partial charge in [0, 0.05) is 27.2 Å². The van der Waals surface area contributed by atoms with Gasteiger partial charge in [-0.05, 0) is 54.7 Å². The van der Waals surface area contributed by atoms with E-state index in [-0.39, 0.29) is 10.7 Å². The van der Waals surface area contributed by atoms with Crippen LogP contribution in [0.1, 0.15) is 5.69 Å². The van der Waals surface area contributed by atoms with Crippen molar-refractivity contribution in [3.8, 4) is 11.3 Å². The Morgan fingerprint density at radius 2 is 1.66 bits per heavy atom. The Hall–Kier alpha value is -3.04. The lowest BCUT2D eigenvalue weighted by Crippen LogP contribution is -2.54. The van der Waals surface area contributed by atoms with Crippen molar-refractivity contribution in [2.24, 2.45) is 0 Å². The van der Waals surface area contributed by atoms with Crippen molar-refractivity contribution in [3.63, 3.8) is 0 Å². The highest BCUT2D eigenvalue weighted by Gasteiger charge is 2.35. The summed E-state index contributed by atoms with van der Waals surface area (Å²) >= 11 is 18.7. The van der Waals surface area contributed by atoms with Crippen molar-refractivity contribution in [3.05, 3.63) is 81.4 Å². The Morgan fingerprint density at radius 1 is 1.00 bits per heavy atom. The molecule has 0 spiro atoms. The van der Waals surface area contributed by atoms with E-state index in [1.165, 1.54) is 16.2 Å². The lowest BCUT2D eigenvalue weighted by molar-refractivity contribution is -0.122. The summed E-state index contributed by atoms with van der Waals surface area (Å²) in [4.78, 5) is 32.8. The van der Waals surface area contributed by atoms with Gasteiger partial charge in [-0.25, -0.2) is 4.98 Å². The highest BCUT2D eigenvalue weighted by atomic mass is 35.5. The van der Waals surface area contributed by atoms with Crippen LogP contribution in [0.2, 0.25) is 10.0 Å². The SMILES string of the molecule is O=C1NC(=S)N(c2ccc(Cl)cc2)C(=O)C1=Cc1c(-c2ccc(Cl)cc2)nc2sccn12. The van der Waals surface area contributed by atoms with Gasteiger partial charge in [0.05, 0.1) is 17.1 Å². The number of rotatable bonds is 3. The largest absolute Gasteiger partial charge is 0.298 e. The van der Waals surface area contributed by atoms with Crippen LogP contribution in [0.15, 0.2) is 65.7 Å². The molecule has 0 atom stereocenters. The summed E-state index contributed by atoms with van der Waals surface area (Å²) < 4.78 is 1.84. The highest BCUT2D eigenvalue weighted by Crippen LogP contribution is 2.31. The number of thiocarbonyl (C=S) groups is 1. The van der Waals surface area contributed by atoms with Gasteiger partial charge >= 0.3 is 0 Å². The minimum Gasteiger partial charge on any atom is -0.298 e. The molecular weight excluding hydrogens is 487 g/mol. The lowest BCUT2D eigenvalue weighted by atomic mass is 10.1. The normalized spacial score (nSPS) is 15.6. The molecule has 5 rings (SSSR count). The van der Waals surface area contributed by atoms with Gasteiger partial charge in [0.1, 0.15) is 5.57 Å². The van der Waals surface area contributed by atoms with Gasteiger partial charge in [0.25, 0.3) is 11.8 Å². The molecule has 158 valence electrons. The molecule has 4 aromatic rings. The van der Waals surface area contributed by atoms with E-state index in [9.17, 15) is 9.59 Å². The Bertz CT molecular complexity index is 1420. The van der Waals surface area contributed by atoms with Crippen LogP contribution in [0.4, 0.5) is 5.69 Å². The van der Waals surface area contributed by atoms with E-state index in [1.54, 1.807) is 42.5 Å². The van der Waals surface area contributed by atoms with Crippen molar-refractivity contribution in [1.29, 1.82) is 0 Å². The number of anilines is 1. The number of carbonyl (C=O) groups is 2. The van der Waals surface area contributed by atoms with Crippen molar-refractivity contribution >= 4 is 80.4 Å². The molecule has 1 saturated heterocycles. The lowest BCUT2D eigenvalue weighted by Gasteiger charge is -2.28. The van der Waals surface area contributed by atoms with Crippen molar-refractivity contribution in [2.45, 2.75) is 0 Å². The van der Waals surface area contributed by atoms with Crippen LogP contribution < -0.4 is 10.2 Å². The molecule has 2 aromatic carbocycles. The van der Waals surface area contributed by atoms with Crippen molar-refractivity contribution in [2.75, 3.05) is 4.90 Å². The summed E-state index contributed by atoms with van der Waals surface area (Å²) in [5, 5.41) is 5.61. The fourth-order valence-electron chi connectivity index (χ4n) is 3.38. The first kappa shape index (κ1) is 20.8. The summed E-state index contributed by atoms with van der Waals surface area (Å²) in [5.74, 6) is -1.11. The third-order valence-electron chi connectivity index (χ3n) is 4.88. The first-order valence-corrected chi connectivity index (χ1v) is 11.4. The van der Waals surface area contributed by atoms with Crippen LogP contribution in [0.25, 0.3) is 22.3 Å². The van der Waals surface area contributed by atoms with Gasteiger partial charge in [-0.1, -0.05) is 35.3 Å². The number of fused-ring (bicyclic) bond motifs is 1. The smallest absolute Gasteiger partial charge is 0.270 e. The average molecular weight is 499 g/mol. The second-order valence-corrected chi connectivity index (χ2v) is 8.97. The molecule has 1 aliphatic heterocycles. The fourth-order valence-corrected chi connectivity index (χ4v) is 4.63. The monoisotopic (exact) mass is 498 g/mol. The number of aromatic nitrogens is 2. The number of hydrogen-bond acceptors (Lipinski definition) is 5. The first-order chi connectivity index (χ1) is 15.4. The van der Waals surface area contributed by atoms with Crippen LogP contribution >= 0.6 is 46.8 Å². The maximum atomic E-state index is 13.4. The number of carbonyl (C=O) groups excluding carboxylic acids is 2. The molecule has 32 heavy (non-hydrogen) atoms. The minimum absolute atomic E-state index is 0.00589. The number of nitrogens with zero attached hydrogens (tertiary/aromatic N) is 3. The Balaban J connectivity index is 1.64. The maximum Gasteiger partial charge on any atom is 0.270 e. The fraction of sp³-hybridized carbons (Fsp3) is 0. The van der Waals surface area contributed by atoms with E-state index in [4.69, 9.17) is 35.4 Å². The molecule has 2 aromatic heterocycles. The maximum absolute atomic E-state index is 13.4. The predicted octanol–water partition coefficient (Wildman–Crippen LogP) is 5.20. The summed E-state index contributed by atoms with van der Waals surface area (Å²) in [6.45, 7) is 0. The van der Waals surface area contributed by atoms with Crippen molar-refractivity contribution < 1.29 is 9.59 Å². The van der Waals surface area contributed by atoms with Crippen LogP contribution in [0, 0.1) is 0 Å². The zero-order valence-electron chi connectivity index (χ0n) is 16.1. The predicted molar refractivity (Wildman–Crippen MR) is 131 cm³/mol. The van der Waals surface area contributed by atoms with Gasteiger partial charge in [0.2, 0.25) is 0 Å². The zero-order valence-corrected chi connectivity index (χ0v) is 19.2. The molecule has 0 saturated carbocycles. The van der Waals surface area contributed by atoms with E-state index in [0.29, 0.717) is 27.1 Å². The van der Waals surface area contributed by atoms with E-state index in [2.05, 4.69) is 10.3 Å².